The van der Waals surface area contributed by atoms with Crippen molar-refractivity contribution in [3.63, 3.8) is 0 Å². The van der Waals surface area contributed by atoms with Gasteiger partial charge in [0.25, 0.3) is 0 Å². The van der Waals surface area contributed by atoms with Crippen molar-refractivity contribution in [2.75, 3.05) is 7.11 Å². The number of ether oxygens (including phenoxy) is 1. The summed E-state index contributed by atoms with van der Waals surface area (Å²) in [5.74, 6) is -2.34. The van der Waals surface area contributed by atoms with Crippen LogP contribution < -0.4 is 0 Å². The Bertz CT molecular complexity index is 1150. The first-order chi connectivity index (χ1) is 15.1. The Morgan fingerprint density at radius 3 is 2.16 bits per heavy atom. The third-order valence-corrected chi connectivity index (χ3v) is 4.68. The molecule has 0 aliphatic carbocycles. The molecule has 0 saturated carbocycles. The molecule has 0 spiro atoms. The first-order valence-corrected chi connectivity index (χ1v) is 9.72. The van der Waals surface area contributed by atoms with Gasteiger partial charge in [-0.2, -0.15) is 0 Å². The maximum absolute atomic E-state index is 14.6. The van der Waals surface area contributed by atoms with Crippen molar-refractivity contribution in [3.05, 3.63) is 138 Å². The lowest BCUT2D eigenvalue weighted by atomic mass is 10.0. The van der Waals surface area contributed by atoms with Crippen molar-refractivity contribution in [2.45, 2.75) is 6.92 Å². The summed E-state index contributed by atoms with van der Waals surface area (Å²) >= 11 is 0. The minimum atomic E-state index is -0.945. The van der Waals surface area contributed by atoms with Crippen LogP contribution >= 0.6 is 0 Å². The zero-order valence-corrected chi connectivity index (χ0v) is 18.2. The molecule has 0 unspecified atom stereocenters. The van der Waals surface area contributed by atoms with Gasteiger partial charge in [-0.3, -0.25) is 0 Å². The van der Waals surface area contributed by atoms with E-state index in [1.165, 1.54) is 37.5 Å². The van der Waals surface area contributed by atoms with Gasteiger partial charge in [0.1, 0.15) is 11.6 Å². The van der Waals surface area contributed by atoms with Crippen molar-refractivity contribution in [1.82, 2.24) is 0 Å². The Hall–Kier alpha value is -3.79. The quantitative estimate of drug-likeness (QED) is 0.285. The maximum Gasteiger partial charge on any atom is 0.167 e. The van der Waals surface area contributed by atoms with E-state index in [0.29, 0.717) is 16.7 Å². The molecule has 0 N–H and O–H groups in total. The molecule has 0 heterocycles. The molecule has 2 aromatic carbocycles. The number of benzene rings is 2. The van der Waals surface area contributed by atoms with Crippen LogP contribution in [0.15, 0.2) is 115 Å². The van der Waals surface area contributed by atoms with E-state index >= 15 is 0 Å². The van der Waals surface area contributed by atoms with Crippen molar-refractivity contribution >= 4 is 6.08 Å². The van der Waals surface area contributed by atoms with Crippen molar-refractivity contribution < 1.29 is 17.9 Å². The summed E-state index contributed by atoms with van der Waals surface area (Å²) in [7, 11) is 1.38. The lowest BCUT2D eigenvalue weighted by Gasteiger charge is -2.07. The van der Waals surface area contributed by atoms with Crippen LogP contribution in [0.2, 0.25) is 0 Å². The highest BCUT2D eigenvalue weighted by Gasteiger charge is 2.13. The zero-order valence-electron chi connectivity index (χ0n) is 18.2. The largest absolute Gasteiger partial charge is 0.497 e. The summed E-state index contributed by atoms with van der Waals surface area (Å²) in [6.45, 7) is 16.7. The van der Waals surface area contributed by atoms with E-state index in [1.54, 1.807) is 18.2 Å². The van der Waals surface area contributed by atoms with E-state index in [-0.39, 0.29) is 22.5 Å². The fourth-order valence-corrected chi connectivity index (χ4v) is 2.65. The Labute approximate surface area is 187 Å². The van der Waals surface area contributed by atoms with Crippen LogP contribution in [-0.2, 0) is 4.74 Å². The van der Waals surface area contributed by atoms with Crippen LogP contribution in [-0.4, -0.2) is 7.11 Å². The van der Waals surface area contributed by atoms with E-state index in [0.717, 1.165) is 11.6 Å². The minimum Gasteiger partial charge on any atom is -0.497 e. The number of hydrogen-bond acceptors (Lipinski definition) is 1. The van der Waals surface area contributed by atoms with E-state index in [9.17, 15) is 13.2 Å². The second-order valence-electron chi connectivity index (χ2n) is 7.10. The van der Waals surface area contributed by atoms with Crippen LogP contribution in [0.3, 0.4) is 0 Å². The SMILES string of the molecule is C=C(/C=C\C(=C)C(=C)/C(F)=C\C(=C)OC)/C=C/c1ccc(-c2ccc(C)cc2)c(F)c1F. The van der Waals surface area contributed by atoms with Crippen LogP contribution in [0.4, 0.5) is 13.2 Å². The molecule has 0 aliphatic heterocycles. The molecule has 0 fully saturated rings. The maximum atomic E-state index is 14.6. The summed E-state index contributed by atoms with van der Waals surface area (Å²) < 4.78 is 48.0. The molecule has 4 heteroatoms. The standard InChI is InChI=1S/C28H25F3O/c1-18(7-11-20(3)22(5)26(29)17-21(4)32-6)10-14-24-15-16-25(28(31)27(24)30)23-12-8-19(2)9-13-23/h7-17H,1,3-5H2,2,6H3/b11-7-,14-10+,26-17+. The molecule has 0 atom stereocenters. The van der Waals surface area contributed by atoms with Gasteiger partial charge in [0.15, 0.2) is 11.6 Å². The summed E-state index contributed by atoms with van der Waals surface area (Å²) in [5, 5.41) is 0. The number of allylic oxidation sites excluding steroid dienone is 8. The molecule has 0 aromatic heterocycles. The highest BCUT2D eigenvalue weighted by molar-refractivity contribution is 5.68. The molecule has 0 bridgehead atoms. The van der Waals surface area contributed by atoms with Crippen LogP contribution in [0.1, 0.15) is 11.1 Å². The van der Waals surface area contributed by atoms with Crippen LogP contribution in [0.25, 0.3) is 17.2 Å². The van der Waals surface area contributed by atoms with Gasteiger partial charge in [-0.1, -0.05) is 92.6 Å². The number of aryl methyl sites for hydroxylation is 1. The molecule has 0 aliphatic rings. The molecular weight excluding hydrogens is 409 g/mol. The molecule has 2 rings (SSSR count). The average molecular weight is 435 g/mol. The Balaban J connectivity index is 2.12. The fourth-order valence-electron chi connectivity index (χ4n) is 2.65. The minimum absolute atomic E-state index is 0.0658. The van der Waals surface area contributed by atoms with Crippen molar-refractivity contribution in [2.24, 2.45) is 0 Å². The van der Waals surface area contributed by atoms with Gasteiger partial charge in [-0.25, -0.2) is 13.2 Å². The second kappa shape index (κ2) is 11.0. The van der Waals surface area contributed by atoms with E-state index in [1.807, 2.05) is 19.1 Å². The Kier molecular flexibility index (Phi) is 8.42. The summed E-state index contributed by atoms with van der Waals surface area (Å²) in [6, 6.07) is 10.2. The highest BCUT2D eigenvalue weighted by atomic mass is 19.2. The van der Waals surface area contributed by atoms with E-state index in [2.05, 4.69) is 26.3 Å². The smallest absolute Gasteiger partial charge is 0.167 e. The third kappa shape index (κ3) is 6.35. The fraction of sp³-hybridized carbons (Fsp3) is 0.0714. The molecule has 0 saturated heterocycles. The topological polar surface area (TPSA) is 9.23 Å². The molecule has 32 heavy (non-hydrogen) atoms. The van der Waals surface area contributed by atoms with Gasteiger partial charge in [-0.15, -0.1) is 0 Å². The van der Waals surface area contributed by atoms with Gasteiger partial charge in [-0.05, 0) is 23.6 Å². The predicted molar refractivity (Wildman–Crippen MR) is 127 cm³/mol. The van der Waals surface area contributed by atoms with Crippen LogP contribution in [0, 0.1) is 18.6 Å². The van der Waals surface area contributed by atoms with Crippen molar-refractivity contribution in [3.8, 4) is 11.1 Å². The van der Waals surface area contributed by atoms with Gasteiger partial charge in [0.2, 0.25) is 0 Å². The number of rotatable bonds is 9. The second-order valence-corrected chi connectivity index (χ2v) is 7.10. The van der Waals surface area contributed by atoms with Crippen LogP contribution in [0.5, 0.6) is 0 Å². The first kappa shape index (κ1) is 24.5. The molecule has 0 amide bonds. The predicted octanol–water partition coefficient (Wildman–Crippen LogP) is 8.19. The Morgan fingerprint density at radius 2 is 1.53 bits per heavy atom. The van der Waals surface area contributed by atoms with Gasteiger partial charge < -0.3 is 4.74 Å². The summed E-state index contributed by atoms with van der Waals surface area (Å²) in [6.07, 6.45) is 7.14. The average Bonchev–Trinajstić information content (AvgIpc) is 2.78. The van der Waals surface area contributed by atoms with E-state index in [4.69, 9.17) is 4.74 Å². The molecular formula is C28H25F3O. The lowest BCUT2D eigenvalue weighted by molar-refractivity contribution is 0.307. The number of methoxy groups -OCH3 is 1. The van der Waals surface area contributed by atoms with Crippen molar-refractivity contribution in [1.29, 1.82) is 0 Å². The Morgan fingerprint density at radius 1 is 0.875 bits per heavy atom. The summed E-state index contributed by atoms with van der Waals surface area (Å²) in [5.41, 5.74) is 2.78. The number of halogens is 3. The summed E-state index contributed by atoms with van der Waals surface area (Å²) in [4.78, 5) is 0. The molecule has 0 radical (unpaired) electrons. The monoisotopic (exact) mass is 434 g/mol. The highest BCUT2D eigenvalue weighted by Crippen LogP contribution is 2.27. The third-order valence-electron chi connectivity index (χ3n) is 4.68. The molecule has 2 aromatic rings. The molecule has 1 nitrogen and oxygen atoms in total. The normalized spacial score (nSPS) is 11.7. The zero-order chi connectivity index (χ0) is 23.8. The van der Waals surface area contributed by atoms with Gasteiger partial charge in [0.05, 0.1) is 7.11 Å². The lowest BCUT2D eigenvalue weighted by Crippen LogP contribution is -1.93. The number of hydrogen-bond donors (Lipinski definition) is 0. The van der Waals surface area contributed by atoms with Gasteiger partial charge >= 0.3 is 0 Å². The first-order valence-electron chi connectivity index (χ1n) is 9.72. The van der Waals surface area contributed by atoms with Gasteiger partial charge in [0, 0.05) is 22.8 Å². The molecule has 164 valence electrons. The van der Waals surface area contributed by atoms with E-state index < -0.39 is 17.5 Å².